The smallest absolute Gasteiger partial charge is 0.147 e. The Morgan fingerprint density at radius 1 is 1.58 bits per heavy atom. The number of thioether (sulfide) groups is 1. The van der Waals surface area contributed by atoms with Crippen molar-refractivity contribution in [2.24, 2.45) is 0 Å². The molecule has 0 saturated heterocycles. The van der Waals surface area contributed by atoms with Crippen molar-refractivity contribution in [1.82, 2.24) is 4.98 Å². The number of carbonyl (C=O) groups excluding carboxylic acids is 1. The number of rotatable bonds is 0. The van der Waals surface area contributed by atoms with E-state index in [1.165, 1.54) is 0 Å². The van der Waals surface area contributed by atoms with Crippen LogP contribution in [0.1, 0.15) is 11.1 Å². The van der Waals surface area contributed by atoms with Crippen LogP contribution in [-0.4, -0.2) is 16.5 Å². The maximum atomic E-state index is 11.1. The molecule has 0 atom stereocenters. The molecule has 0 amide bonds. The van der Waals surface area contributed by atoms with Gasteiger partial charge in [-0.2, -0.15) is 0 Å². The van der Waals surface area contributed by atoms with Crippen molar-refractivity contribution in [3.63, 3.8) is 0 Å². The van der Waals surface area contributed by atoms with E-state index in [9.17, 15) is 4.79 Å². The lowest BCUT2D eigenvalue weighted by atomic mass is 10.1. The fourth-order valence-electron chi connectivity index (χ4n) is 1.29. The molecule has 0 bridgehead atoms. The molecule has 3 heteroatoms. The molecular weight excluding hydrogens is 170 g/mol. The molecule has 2 rings (SSSR count). The monoisotopic (exact) mass is 179 g/mol. The van der Waals surface area contributed by atoms with E-state index in [1.54, 1.807) is 11.8 Å². The summed E-state index contributed by atoms with van der Waals surface area (Å²) in [7, 11) is 0. The normalized spacial score (nSPS) is 15.9. The fourth-order valence-corrected chi connectivity index (χ4v) is 2.13. The number of nitrogens with zero attached hydrogens (tertiary/aromatic N) is 1. The Morgan fingerprint density at radius 2 is 2.42 bits per heavy atom. The number of fused-ring (bicyclic) bond motifs is 1. The van der Waals surface area contributed by atoms with Crippen molar-refractivity contribution < 1.29 is 4.79 Å². The van der Waals surface area contributed by atoms with Crippen LogP contribution in [0.25, 0.3) is 0 Å². The Labute approximate surface area is 75.4 Å². The number of pyridine rings is 1. The predicted octanol–water partition coefficient (Wildman–Crippen LogP) is 1.61. The maximum Gasteiger partial charge on any atom is 0.147 e. The van der Waals surface area contributed by atoms with Crippen molar-refractivity contribution >= 4 is 17.5 Å². The van der Waals surface area contributed by atoms with Crippen LogP contribution in [0.4, 0.5) is 0 Å². The van der Waals surface area contributed by atoms with Gasteiger partial charge in [0.1, 0.15) is 10.8 Å². The predicted molar refractivity (Wildman–Crippen MR) is 48.4 cm³/mol. The Morgan fingerprint density at radius 3 is 3.25 bits per heavy atom. The van der Waals surface area contributed by atoms with E-state index in [1.807, 2.05) is 19.2 Å². The molecule has 0 N–H and O–H groups in total. The summed E-state index contributed by atoms with van der Waals surface area (Å²) in [6.45, 7) is 2.00. The first-order valence-corrected chi connectivity index (χ1v) is 4.84. The molecular formula is C9H9NOS. The number of aromatic nitrogens is 1. The molecule has 0 unspecified atom stereocenters. The number of ketones is 1. The highest BCUT2D eigenvalue weighted by molar-refractivity contribution is 8.00. The van der Waals surface area contributed by atoms with E-state index in [0.717, 1.165) is 16.2 Å². The van der Waals surface area contributed by atoms with Crippen LogP contribution in [0.5, 0.6) is 0 Å². The Kier molecular flexibility index (Phi) is 1.89. The lowest BCUT2D eigenvalue weighted by molar-refractivity contribution is -0.116. The zero-order chi connectivity index (χ0) is 8.55. The molecule has 1 aromatic heterocycles. The van der Waals surface area contributed by atoms with E-state index >= 15 is 0 Å². The number of Topliss-reactive ketones (excluding diaryl/α,β-unsaturated/α-hetero) is 1. The van der Waals surface area contributed by atoms with Gasteiger partial charge in [-0.05, 0) is 18.1 Å². The maximum absolute atomic E-state index is 11.1. The van der Waals surface area contributed by atoms with Gasteiger partial charge in [-0.25, -0.2) is 4.98 Å². The average Bonchev–Trinajstić information content (AvgIpc) is 2.03. The molecule has 1 aromatic rings. The minimum Gasteiger partial charge on any atom is -0.298 e. The highest BCUT2D eigenvalue weighted by Gasteiger charge is 2.16. The Bertz CT molecular complexity index is 335. The van der Waals surface area contributed by atoms with Gasteiger partial charge < -0.3 is 0 Å². The number of aryl methyl sites for hydroxylation is 1. The second-order valence-corrected chi connectivity index (χ2v) is 3.95. The molecule has 0 aromatic carbocycles. The largest absolute Gasteiger partial charge is 0.298 e. The van der Waals surface area contributed by atoms with E-state index in [0.29, 0.717) is 18.0 Å². The first-order chi connectivity index (χ1) is 5.75. The van der Waals surface area contributed by atoms with E-state index in [-0.39, 0.29) is 0 Å². The van der Waals surface area contributed by atoms with Crippen LogP contribution < -0.4 is 0 Å². The molecule has 2 heterocycles. The molecule has 62 valence electrons. The quantitative estimate of drug-likeness (QED) is 0.606. The van der Waals surface area contributed by atoms with Gasteiger partial charge in [0, 0.05) is 12.6 Å². The fraction of sp³-hybridized carbons (Fsp3) is 0.333. The summed E-state index contributed by atoms with van der Waals surface area (Å²) in [4.78, 5) is 15.4. The molecule has 1 aliphatic rings. The number of hydrogen-bond donors (Lipinski definition) is 0. The summed E-state index contributed by atoms with van der Waals surface area (Å²) >= 11 is 1.54. The van der Waals surface area contributed by atoms with E-state index in [2.05, 4.69) is 4.98 Å². The Hall–Kier alpha value is -0.830. The van der Waals surface area contributed by atoms with Crippen LogP contribution in [0.3, 0.4) is 0 Å². The zero-order valence-electron chi connectivity index (χ0n) is 6.83. The SMILES string of the molecule is Cc1cnc2c(c1)CC(=O)CS2. The van der Waals surface area contributed by atoms with Crippen LogP contribution in [0, 0.1) is 6.92 Å². The second kappa shape index (κ2) is 2.90. The van der Waals surface area contributed by atoms with Gasteiger partial charge in [-0.15, -0.1) is 0 Å². The van der Waals surface area contributed by atoms with E-state index < -0.39 is 0 Å². The van der Waals surface area contributed by atoms with Gasteiger partial charge in [-0.1, -0.05) is 17.8 Å². The van der Waals surface area contributed by atoms with Gasteiger partial charge in [0.05, 0.1) is 5.75 Å². The summed E-state index contributed by atoms with van der Waals surface area (Å²) in [5.74, 6) is 0.892. The van der Waals surface area contributed by atoms with Crippen LogP contribution in [0.15, 0.2) is 17.3 Å². The summed E-state index contributed by atoms with van der Waals surface area (Å²) in [6, 6.07) is 2.05. The second-order valence-electron chi connectivity index (χ2n) is 2.98. The van der Waals surface area contributed by atoms with Gasteiger partial charge in [-0.3, -0.25) is 4.79 Å². The van der Waals surface area contributed by atoms with E-state index in [4.69, 9.17) is 0 Å². The summed E-state index contributed by atoms with van der Waals surface area (Å²) in [6.07, 6.45) is 2.42. The zero-order valence-corrected chi connectivity index (χ0v) is 7.65. The summed E-state index contributed by atoms with van der Waals surface area (Å²) in [5.41, 5.74) is 2.22. The highest BCUT2D eigenvalue weighted by atomic mass is 32.2. The molecule has 0 radical (unpaired) electrons. The van der Waals surface area contributed by atoms with Gasteiger partial charge in [0.25, 0.3) is 0 Å². The molecule has 0 spiro atoms. The van der Waals surface area contributed by atoms with Crippen molar-refractivity contribution in [3.05, 3.63) is 23.4 Å². The van der Waals surface area contributed by atoms with Crippen molar-refractivity contribution in [1.29, 1.82) is 0 Å². The summed E-state index contributed by atoms with van der Waals surface area (Å²) < 4.78 is 0. The third-order valence-corrected chi connectivity index (χ3v) is 2.93. The third kappa shape index (κ3) is 1.37. The van der Waals surface area contributed by atoms with Crippen LogP contribution in [-0.2, 0) is 11.2 Å². The minimum atomic E-state index is 0.305. The van der Waals surface area contributed by atoms with Gasteiger partial charge in [0.15, 0.2) is 0 Å². The standard InChI is InChI=1S/C9H9NOS/c1-6-2-7-3-8(11)5-12-9(7)10-4-6/h2,4H,3,5H2,1H3. The van der Waals surface area contributed by atoms with Crippen LogP contribution in [0.2, 0.25) is 0 Å². The molecule has 0 saturated carbocycles. The van der Waals surface area contributed by atoms with Crippen molar-refractivity contribution in [2.45, 2.75) is 18.4 Å². The molecule has 0 aliphatic carbocycles. The Balaban J connectivity index is 2.44. The molecule has 2 nitrogen and oxygen atoms in total. The van der Waals surface area contributed by atoms with Crippen molar-refractivity contribution in [2.75, 3.05) is 5.75 Å². The van der Waals surface area contributed by atoms with Gasteiger partial charge >= 0.3 is 0 Å². The summed E-state index contributed by atoms with van der Waals surface area (Å²) in [5, 5.41) is 1.03. The average molecular weight is 179 g/mol. The first kappa shape index (κ1) is 7.80. The van der Waals surface area contributed by atoms with Crippen LogP contribution >= 0.6 is 11.8 Å². The molecule has 1 aliphatic heterocycles. The van der Waals surface area contributed by atoms with Crippen molar-refractivity contribution in [3.8, 4) is 0 Å². The number of hydrogen-bond acceptors (Lipinski definition) is 3. The minimum absolute atomic E-state index is 0.305. The topological polar surface area (TPSA) is 30.0 Å². The molecule has 12 heavy (non-hydrogen) atoms. The lowest BCUT2D eigenvalue weighted by Gasteiger charge is -2.12. The third-order valence-electron chi connectivity index (χ3n) is 1.82. The molecule has 0 fully saturated rings. The highest BCUT2D eigenvalue weighted by Crippen LogP contribution is 2.26. The number of carbonyl (C=O) groups is 1. The van der Waals surface area contributed by atoms with Gasteiger partial charge in [0.2, 0.25) is 0 Å². The first-order valence-electron chi connectivity index (χ1n) is 3.86. The lowest BCUT2D eigenvalue weighted by Crippen LogP contribution is -2.12.